The van der Waals surface area contributed by atoms with E-state index in [0.29, 0.717) is 11.3 Å². The van der Waals surface area contributed by atoms with Crippen molar-refractivity contribution < 1.29 is 27.5 Å². The van der Waals surface area contributed by atoms with Gasteiger partial charge in [-0.15, -0.1) is 0 Å². The van der Waals surface area contributed by atoms with Gasteiger partial charge in [-0.05, 0) is 36.8 Å². The number of ether oxygens (including phenoxy) is 2. The van der Waals surface area contributed by atoms with Crippen molar-refractivity contribution in [1.29, 1.82) is 0 Å². The van der Waals surface area contributed by atoms with Crippen LogP contribution >= 0.6 is 11.6 Å². The molecule has 31 heavy (non-hydrogen) atoms. The van der Waals surface area contributed by atoms with Crippen molar-refractivity contribution in [3.63, 3.8) is 0 Å². The smallest absolute Gasteiger partial charge is 0.338 e. The van der Waals surface area contributed by atoms with E-state index in [-0.39, 0.29) is 27.8 Å². The molecule has 2 aromatic rings. The van der Waals surface area contributed by atoms with E-state index in [1.165, 1.54) is 19.2 Å². The maximum atomic E-state index is 13.0. The summed E-state index contributed by atoms with van der Waals surface area (Å²) in [7, 11) is -2.49. The van der Waals surface area contributed by atoms with Crippen molar-refractivity contribution >= 4 is 33.4 Å². The standard InChI is InChI=1S/C21H21ClN2O6S/c1-3-30-20(25)18-16(12-31(27,28)17-10-5-4-9-15(17)22)23-21(26)24-19(18)13-7-6-8-14(11-13)29-2/h4-11,19H,3,12H2,1-2H3,(H2,23,24,26)/t19-/m0/s1. The number of hydrogen-bond acceptors (Lipinski definition) is 6. The minimum atomic E-state index is -3.98. The summed E-state index contributed by atoms with van der Waals surface area (Å²) in [5.41, 5.74) is 0.449. The average Bonchev–Trinajstić information content (AvgIpc) is 2.73. The Morgan fingerprint density at radius 1 is 1.16 bits per heavy atom. The third-order valence-electron chi connectivity index (χ3n) is 4.58. The minimum absolute atomic E-state index is 0.00895. The zero-order chi connectivity index (χ0) is 22.6. The molecule has 0 saturated carbocycles. The highest BCUT2D eigenvalue weighted by atomic mass is 35.5. The fourth-order valence-corrected chi connectivity index (χ4v) is 5.12. The van der Waals surface area contributed by atoms with Crippen LogP contribution in [-0.4, -0.2) is 39.9 Å². The lowest BCUT2D eigenvalue weighted by Gasteiger charge is -2.29. The maximum Gasteiger partial charge on any atom is 0.338 e. The predicted molar refractivity (Wildman–Crippen MR) is 115 cm³/mol. The van der Waals surface area contributed by atoms with E-state index in [0.717, 1.165) is 0 Å². The van der Waals surface area contributed by atoms with Crippen molar-refractivity contribution in [2.75, 3.05) is 19.5 Å². The van der Waals surface area contributed by atoms with Crippen molar-refractivity contribution in [2.45, 2.75) is 17.9 Å². The minimum Gasteiger partial charge on any atom is -0.497 e. The molecule has 10 heteroatoms. The van der Waals surface area contributed by atoms with E-state index in [2.05, 4.69) is 10.6 Å². The molecule has 0 aliphatic carbocycles. The van der Waals surface area contributed by atoms with Crippen LogP contribution in [0.3, 0.4) is 0 Å². The molecule has 0 aromatic heterocycles. The van der Waals surface area contributed by atoms with Gasteiger partial charge in [0.2, 0.25) is 0 Å². The molecule has 164 valence electrons. The highest BCUT2D eigenvalue weighted by Crippen LogP contribution is 2.31. The number of methoxy groups -OCH3 is 1. The van der Waals surface area contributed by atoms with Gasteiger partial charge in [0.05, 0.1) is 41.0 Å². The highest BCUT2D eigenvalue weighted by Gasteiger charge is 2.36. The molecule has 0 radical (unpaired) electrons. The van der Waals surface area contributed by atoms with E-state index in [1.807, 2.05) is 0 Å². The molecule has 0 unspecified atom stereocenters. The average molecular weight is 465 g/mol. The van der Waals surface area contributed by atoms with Gasteiger partial charge in [0, 0.05) is 5.70 Å². The van der Waals surface area contributed by atoms with Crippen LogP contribution in [0.15, 0.2) is 64.7 Å². The topological polar surface area (TPSA) is 111 Å². The first-order valence-corrected chi connectivity index (χ1v) is 11.4. The zero-order valence-corrected chi connectivity index (χ0v) is 18.4. The van der Waals surface area contributed by atoms with Gasteiger partial charge in [0.15, 0.2) is 9.84 Å². The summed E-state index contributed by atoms with van der Waals surface area (Å²) < 4.78 is 36.5. The molecule has 2 amide bonds. The molecular formula is C21H21ClN2O6S. The van der Waals surface area contributed by atoms with Crippen molar-refractivity contribution in [1.82, 2.24) is 10.6 Å². The van der Waals surface area contributed by atoms with E-state index in [4.69, 9.17) is 21.1 Å². The number of sulfone groups is 1. The molecule has 1 heterocycles. The third-order valence-corrected chi connectivity index (χ3v) is 6.72. The van der Waals surface area contributed by atoms with Crippen LogP contribution in [0.25, 0.3) is 0 Å². The lowest BCUT2D eigenvalue weighted by Crippen LogP contribution is -2.47. The summed E-state index contributed by atoms with van der Waals surface area (Å²) in [6, 6.07) is 11.1. The first kappa shape index (κ1) is 22.6. The fraction of sp³-hybridized carbons (Fsp3) is 0.238. The van der Waals surface area contributed by atoms with E-state index in [9.17, 15) is 18.0 Å². The van der Waals surface area contributed by atoms with Gasteiger partial charge >= 0.3 is 12.0 Å². The molecule has 2 N–H and O–H groups in total. The summed E-state index contributed by atoms with van der Waals surface area (Å²) in [5, 5.41) is 5.16. The van der Waals surface area contributed by atoms with Crippen molar-refractivity contribution in [2.24, 2.45) is 0 Å². The number of halogens is 1. The van der Waals surface area contributed by atoms with Gasteiger partial charge < -0.3 is 20.1 Å². The molecule has 2 aromatic carbocycles. The van der Waals surface area contributed by atoms with Gasteiger partial charge in [-0.2, -0.15) is 0 Å². The second kappa shape index (κ2) is 9.40. The van der Waals surface area contributed by atoms with Gasteiger partial charge in [0.25, 0.3) is 0 Å². The molecule has 0 spiro atoms. The Kier molecular flexibility index (Phi) is 6.87. The number of hydrogen-bond donors (Lipinski definition) is 2. The van der Waals surface area contributed by atoms with Crippen molar-refractivity contribution in [3.8, 4) is 5.75 Å². The number of carbonyl (C=O) groups excluding carboxylic acids is 2. The molecule has 3 rings (SSSR count). The van der Waals surface area contributed by atoms with Gasteiger partial charge in [0.1, 0.15) is 5.75 Å². The number of benzene rings is 2. The molecule has 1 aliphatic heterocycles. The van der Waals surface area contributed by atoms with Crippen LogP contribution < -0.4 is 15.4 Å². The monoisotopic (exact) mass is 464 g/mol. The number of rotatable bonds is 7. The van der Waals surface area contributed by atoms with Crippen molar-refractivity contribution in [3.05, 3.63) is 70.4 Å². The third kappa shape index (κ3) is 5.00. The van der Waals surface area contributed by atoms with Crippen LogP contribution in [0.1, 0.15) is 18.5 Å². The largest absolute Gasteiger partial charge is 0.497 e. The Morgan fingerprint density at radius 2 is 1.90 bits per heavy atom. The number of nitrogens with one attached hydrogen (secondary N) is 2. The van der Waals surface area contributed by atoms with Gasteiger partial charge in [-0.1, -0.05) is 35.9 Å². The molecule has 0 bridgehead atoms. The first-order chi connectivity index (χ1) is 14.8. The normalized spacial score (nSPS) is 16.4. The maximum absolute atomic E-state index is 13.0. The number of esters is 1. The molecular weight excluding hydrogens is 444 g/mol. The molecule has 1 atom stereocenters. The lowest BCUT2D eigenvalue weighted by atomic mass is 9.95. The Hall–Kier alpha value is -3.04. The number of urea groups is 1. The fourth-order valence-electron chi connectivity index (χ4n) is 3.22. The Morgan fingerprint density at radius 3 is 2.58 bits per heavy atom. The van der Waals surface area contributed by atoms with Crippen LogP contribution in [0, 0.1) is 0 Å². The predicted octanol–water partition coefficient (Wildman–Crippen LogP) is 2.99. The number of amides is 2. The summed E-state index contributed by atoms with van der Waals surface area (Å²) >= 11 is 6.06. The van der Waals surface area contributed by atoms with Crippen LogP contribution in [0.4, 0.5) is 4.79 Å². The first-order valence-electron chi connectivity index (χ1n) is 9.35. The quantitative estimate of drug-likeness (QED) is 0.609. The highest BCUT2D eigenvalue weighted by molar-refractivity contribution is 7.91. The van der Waals surface area contributed by atoms with E-state index < -0.39 is 33.6 Å². The lowest BCUT2D eigenvalue weighted by molar-refractivity contribution is -0.139. The Balaban J connectivity index is 2.13. The molecule has 0 fully saturated rings. The van der Waals surface area contributed by atoms with Gasteiger partial charge in [-0.3, -0.25) is 0 Å². The summed E-state index contributed by atoms with van der Waals surface area (Å²) in [5.74, 6) is -0.871. The van der Waals surface area contributed by atoms with E-state index in [1.54, 1.807) is 43.3 Å². The van der Waals surface area contributed by atoms with Crippen LogP contribution in [0.5, 0.6) is 5.75 Å². The Bertz CT molecular complexity index is 1150. The SMILES string of the molecule is CCOC(=O)C1=C(CS(=O)(=O)c2ccccc2Cl)NC(=O)N[C@H]1c1cccc(OC)c1. The molecule has 1 aliphatic rings. The zero-order valence-electron chi connectivity index (χ0n) is 16.8. The Labute approximate surface area is 185 Å². The number of carbonyl (C=O) groups is 2. The van der Waals surface area contributed by atoms with Gasteiger partial charge in [-0.25, -0.2) is 18.0 Å². The summed E-state index contributed by atoms with van der Waals surface area (Å²) in [6.45, 7) is 1.71. The van der Waals surface area contributed by atoms with Crippen LogP contribution in [0.2, 0.25) is 5.02 Å². The summed E-state index contributed by atoms with van der Waals surface area (Å²) in [4.78, 5) is 25.1. The molecule has 0 saturated heterocycles. The van der Waals surface area contributed by atoms with Crippen LogP contribution in [-0.2, 0) is 19.4 Å². The second-order valence-electron chi connectivity index (χ2n) is 6.61. The molecule has 8 nitrogen and oxygen atoms in total. The second-order valence-corrected chi connectivity index (χ2v) is 8.98. The summed E-state index contributed by atoms with van der Waals surface area (Å²) in [6.07, 6.45) is 0. The van der Waals surface area contributed by atoms with E-state index >= 15 is 0 Å².